The monoisotopic (exact) mass is 224 g/mol. The van der Waals surface area contributed by atoms with Crippen LogP contribution >= 0.6 is 0 Å². The third-order valence-corrected chi connectivity index (χ3v) is 2.41. The minimum Gasteiger partial charge on any atom is -0.327 e. The quantitative estimate of drug-likeness (QED) is 0.804. The van der Waals surface area contributed by atoms with Crippen molar-refractivity contribution < 1.29 is 4.39 Å². The molecule has 0 saturated heterocycles. The van der Waals surface area contributed by atoms with E-state index in [1.807, 2.05) is 19.1 Å². The maximum atomic E-state index is 12.7. The zero-order valence-corrected chi connectivity index (χ0v) is 10.1. The van der Waals surface area contributed by atoms with E-state index in [9.17, 15) is 4.39 Å². The van der Waals surface area contributed by atoms with E-state index in [0.29, 0.717) is 0 Å². The second-order valence-electron chi connectivity index (χ2n) is 4.34. The molecule has 1 unspecified atom stereocenters. The van der Waals surface area contributed by atoms with Crippen LogP contribution in [0.2, 0.25) is 0 Å². The van der Waals surface area contributed by atoms with Gasteiger partial charge in [-0.2, -0.15) is 0 Å². The van der Waals surface area contributed by atoms with Gasteiger partial charge < -0.3 is 5.73 Å². The molecule has 0 saturated carbocycles. The van der Waals surface area contributed by atoms with E-state index in [4.69, 9.17) is 5.73 Å². The number of hydrogen-bond donors (Lipinski definition) is 1. The second kappa shape index (κ2) is 6.61. The van der Waals surface area contributed by atoms with Gasteiger partial charge in [0, 0.05) is 19.1 Å². The summed E-state index contributed by atoms with van der Waals surface area (Å²) in [5.74, 6) is -0.182. The maximum Gasteiger partial charge on any atom is 0.123 e. The third kappa shape index (κ3) is 4.73. The van der Waals surface area contributed by atoms with Crippen molar-refractivity contribution in [2.75, 3.05) is 13.1 Å². The molecular weight excluding hydrogens is 203 g/mol. The van der Waals surface area contributed by atoms with Gasteiger partial charge in [-0.3, -0.25) is 4.90 Å². The Morgan fingerprint density at radius 3 is 2.44 bits per heavy atom. The minimum atomic E-state index is -0.182. The van der Waals surface area contributed by atoms with Crippen molar-refractivity contribution in [3.8, 4) is 0 Å². The molecule has 1 aromatic rings. The topological polar surface area (TPSA) is 29.3 Å². The van der Waals surface area contributed by atoms with Crippen LogP contribution in [-0.2, 0) is 6.54 Å². The van der Waals surface area contributed by atoms with Crippen LogP contribution in [0.3, 0.4) is 0 Å². The van der Waals surface area contributed by atoms with Gasteiger partial charge in [-0.15, -0.1) is 0 Å². The van der Waals surface area contributed by atoms with Gasteiger partial charge in [-0.25, -0.2) is 4.39 Å². The number of nitrogens with zero attached hydrogens (tertiary/aromatic N) is 1. The summed E-state index contributed by atoms with van der Waals surface area (Å²) >= 11 is 0. The first-order valence-electron chi connectivity index (χ1n) is 5.84. The molecule has 2 nitrogen and oxygen atoms in total. The van der Waals surface area contributed by atoms with Crippen molar-refractivity contribution in [2.45, 2.75) is 32.9 Å². The molecule has 0 aliphatic carbocycles. The Hall–Kier alpha value is -0.930. The van der Waals surface area contributed by atoms with Gasteiger partial charge in [-0.05, 0) is 37.6 Å². The molecule has 0 fully saturated rings. The van der Waals surface area contributed by atoms with Gasteiger partial charge in [-0.1, -0.05) is 19.1 Å². The lowest BCUT2D eigenvalue weighted by molar-refractivity contribution is 0.253. The lowest BCUT2D eigenvalue weighted by Gasteiger charge is -2.23. The molecule has 0 radical (unpaired) electrons. The van der Waals surface area contributed by atoms with Crippen LogP contribution in [0.15, 0.2) is 24.3 Å². The van der Waals surface area contributed by atoms with Crippen molar-refractivity contribution in [3.63, 3.8) is 0 Å². The van der Waals surface area contributed by atoms with Crippen LogP contribution in [0.4, 0.5) is 4.39 Å². The average Bonchev–Trinajstić information content (AvgIpc) is 2.21. The van der Waals surface area contributed by atoms with Gasteiger partial charge in [0.05, 0.1) is 0 Å². The van der Waals surface area contributed by atoms with Crippen LogP contribution in [0.5, 0.6) is 0 Å². The molecule has 0 bridgehead atoms. The Bertz CT molecular complexity index is 295. The molecule has 0 aromatic heterocycles. The zero-order valence-electron chi connectivity index (χ0n) is 10.1. The van der Waals surface area contributed by atoms with Gasteiger partial charge >= 0.3 is 0 Å². The number of halogens is 1. The molecule has 0 aliphatic heterocycles. The van der Waals surface area contributed by atoms with Gasteiger partial charge in [0.25, 0.3) is 0 Å². The number of hydrogen-bond acceptors (Lipinski definition) is 2. The van der Waals surface area contributed by atoms with Crippen LogP contribution in [-0.4, -0.2) is 24.0 Å². The first kappa shape index (κ1) is 13.1. The van der Waals surface area contributed by atoms with E-state index in [-0.39, 0.29) is 11.9 Å². The SMILES string of the molecule is CCCN(Cc1ccc(F)cc1)CC(C)N. The summed E-state index contributed by atoms with van der Waals surface area (Å²) in [5, 5.41) is 0. The smallest absolute Gasteiger partial charge is 0.123 e. The molecular formula is C13H21FN2. The predicted molar refractivity (Wildman–Crippen MR) is 65.6 cm³/mol. The van der Waals surface area contributed by atoms with E-state index in [0.717, 1.165) is 31.6 Å². The van der Waals surface area contributed by atoms with Crippen LogP contribution in [0, 0.1) is 5.82 Å². The molecule has 0 aliphatic rings. The van der Waals surface area contributed by atoms with Gasteiger partial charge in [0.1, 0.15) is 5.82 Å². The molecule has 16 heavy (non-hydrogen) atoms. The van der Waals surface area contributed by atoms with E-state index in [2.05, 4.69) is 11.8 Å². The maximum absolute atomic E-state index is 12.7. The van der Waals surface area contributed by atoms with Crippen molar-refractivity contribution in [1.82, 2.24) is 4.90 Å². The predicted octanol–water partition coefficient (Wildman–Crippen LogP) is 2.38. The summed E-state index contributed by atoms with van der Waals surface area (Å²) < 4.78 is 12.7. The Kier molecular flexibility index (Phi) is 5.43. The summed E-state index contributed by atoms with van der Waals surface area (Å²) in [7, 11) is 0. The second-order valence-corrected chi connectivity index (χ2v) is 4.34. The van der Waals surface area contributed by atoms with Crippen LogP contribution in [0.1, 0.15) is 25.8 Å². The van der Waals surface area contributed by atoms with Crippen molar-refractivity contribution in [1.29, 1.82) is 0 Å². The van der Waals surface area contributed by atoms with E-state index < -0.39 is 0 Å². The molecule has 0 heterocycles. The molecule has 1 rings (SSSR count). The zero-order chi connectivity index (χ0) is 12.0. The first-order chi connectivity index (χ1) is 7.61. The Morgan fingerprint density at radius 2 is 1.94 bits per heavy atom. The standard InChI is InChI=1S/C13H21FN2/c1-3-8-16(9-11(2)15)10-12-4-6-13(14)7-5-12/h4-7,11H,3,8-10,15H2,1-2H3. The summed E-state index contributed by atoms with van der Waals surface area (Å²) in [4.78, 5) is 2.30. The highest BCUT2D eigenvalue weighted by Gasteiger charge is 2.07. The van der Waals surface area contributed by atoms with Crippen molar-refractivity contribution in [3.05, 3.63) is 35.6 Å². The number of nitrogens with two attached hydrogens (primary N) is 1. The fourth-order valence-electron chi connectivity index (χ4n) is 1.81. The highest BCUT2D eigenvalue weighted by atomic mass is 19.1. The summed E-state index contributed by atoms with van der Waals surface area (Å²) in [6, 6.07) is 6.85. The third-order valence-electron chi connectivity index (χ3n) is 2.41. The van der Waals surface area contributed by atoms with Crippen molar-refractivity contribution >= 4 is 0 Å². The lowest BCUT2D eigenvalue weighted by Crippen LogP contribution is -2.35. The Morgan fingerprint density at radius 1 is 1.31 bits per heavy atom. The van der Waals surface area contributed by atoms with Gasteiger partial charge in [0.15, 0.2) is 0 Å². The normalized spacial score (nSPS) is 13.1. The molecule has 2 N–H and O–H groups in total. The Balaban J connectivity index is 2.56. The highest BCUT2D eigenvalue weighted by Crippen LogP contribution is 2.07. The van der Waals surface area contributed by atoms with Gasteiger partial charge in [0.2, 0.25) is 0 Å². The lowest BCUT2D eigenvalue weighted by atomic mass is 10.2. The summed E-state index contributed by atoms with van der Waals surface area (Å²) in [6.45, 7) is 6.91. The van der Waals surface area contributed by atoms with Crippen molar-refractivity contribution in [2.24, 2.45) is 5.73 Å². The summed E-state index contributed by atoms with van der Waals surface area (Å²) in [6.07, 6.45) is 1.11. The fraction of sp³-hybridized carbons (Fsp3) is 0.538. The molecule has 0 spiro atoms. The van der Waals surface area contributed by atoms with Crippen LogP contribution < -0.4 is 5.73 Å². The number of benzene rings is 1. The number of rotatable bonds is 6. The molecule has 3 heteroatoms. The van der Waals surface area contributed by atoms with Crippen LogP contribution in [0.25, 0.3) is 0 Å². The fourth-order valence-corrected chi connectivity index (χ4v) is 1.81. The molecule has 90 valence electrons. The molecule has 1 aromatic carbocycles. The van der Waals surface area contributed by atoms with E-state index in [1.165, 1.54) is 12.1 Å². The Labute approximate surface area is 97.3 Å². The highest BCUT2D eigenvalue weighted by molar-refractivity contribution is 5.15. The average molecular weight is 224 g/mol. The first-order valence-corrected chi connectivity index (χ1v) is 5.84. The van der Waals surface area contributed by atoms with E-state index >= 15 is 0 Å². The molecule has 0 amide bonds. The largest absolute Gasteiger partial charge is 0.327 e. The summed E-state index contributed by atoms with van der Waals surface area (Å²) in [5.41, 5.74) is 6.93. The molecule has 1 atom stereocenters. The van der Waals surface area contributed by atoms with E-state index in [1.54, 1.807) is 0 Å². The minimum absolute atomic E-state index is 0.173.